The second-order valence-corrected chi connectivity index (χ2v) is 8.92. The number of rotatable bonds is 6. The van der Waals surface area contributed by atoms with Crippen molar-refractivity contribution in [3.05, 3.63) is 49.1 Å². The van der Waals surface area contributed by atoms with Crippen molar-refractivity contribution >= 4 is 49.4 Å². The second kappa shape index (κ2) is 7.20. The number of nitrogens with two attached hydrogens (primary N) is 1. The van der Waals surface area contributed by atoms with Gasteiger partial charge in [0, 0.05) is 11.9 Å². The molecule has 3 heterocycles. The van der Waals surface area contributed by atoms with Gasteiger partial charge in [-0.3, -0.25) is 9.10 Å². The molecular formula is C20H18N6O4S. The summed E-state index contributed by atoms with van der Waals surface area (Å²) in [5.74, 6) is -0.312. The molecule has 0 unspecified atom stereocenters. The number of carbonyl (C=O) groups is 1. The lowest BCUT2D eigenvalue weighted by molar-refractivity contribution is -0.141. The summed E-state index contributed by atoms with van der Waals surface area (Å²) in [5.41, 5.74) is 7.39. The maximum atomic E-state index is 12.9. The van der Waals surface area contributed by atoms with Crippen LogP contribution in [0.3, 0.4) is 0 Å². The van der Waals surface area contributed by atoms with E-state index in [9.17, 15) is 13.2 Å². The fraction of sp³-hybridized carbons (Fsp3) is 0.200. The lowest BCUT2D eigenvalue weighted by Gasteiger charge is -2.17. The van der Waals surface area contributed by atoms with E-state index < -0.39 is 16.0 Å². The number of fused-ring (bicyclic) bond motifs is 1. The van der Waals surface area contributed by atoms with Crippen LogP contribution < -0.4 is 10.0 Å². The maximum absolute atomic E-state index is 12.9. The standard InChI is InChI=1S/C20H18N6O4S/c21-19-18-20(23-11-22-19)25(12-24-18)8-3-9-30-16(27)10-26-14-6-1-4-13-5-2-7-15(17(13)14)31(26,28)29/h1-2,4-7,11-12H,3,8-10H2,(H2,21,22,23). The monoisotopic (exact) mass is 438 g/mol. The summed E-state index contributed by atoms with van der Waals surface area (Å²) in [4.78, 5) is 24.9. The smallest absolute Gasteiger partial charge is 0.326 e. The highest BCUT2D eigenvalue weighted by atomic mass is 32.2. The number of anilines is 2. The average Bonchev–Trinajstić information content (AvgIpc) is 3.27. The van der Waals surface area contributed by atoms with Gasteiger partial charge in [-0.05, 0) is 23.9 Å². The van der Waals surface area contributed by atoms with Crippen LogP contribution in [0.2, 0.25) is 0 Å². The van der Waals surface area contributed by atoms with E-state index >= 15 is 0 Å². The molecule has 0 bridgehead atoms. The number of ether oxygens (including phenoxy) is 1. The van der Waals surface area contributed by atoms with Gasteiger partial charge >= 0.3 is 5.97 Å². The number of aryl methyl sites for hydroxylation is 1. The van der Waals surface area contributed by atoms with Gasteiger partial charge in [-0.25, -0.2) is 23.4 Å². The van der Waals surface area contributed by atoms with Gasteiger partial charge in [-0.1, -0.05) is 24.3 Å². The molecule has 0 amide bonds. The first-order chi connectivity index (χ1) is 15.0. The number of imidazole rings is 1. The fourth-order valence-electron chi connectivity index (χ4n) is 3.77. The van der Waals surface area contributed by atoms with Crippen LogP contribution in [0.4, 0.5) is 11.5 Å². The van der Waals surface area contributed by atoms with Gasteiger partial charge in [-0.2, -0.15) is 0 Å². The third kappa shape index (κ3) is 3.13. The highest BCUT2D eigenvalue weighted by molar-refractivity contribution is 7.93. The molecule has 2 N–H and O–H groups in total. The van der Waals surface area contributed by atoms with E-state index in [1.165, 1.54) is 6.33 Å². The molecule has 0 fully saturated rings. The number of carbonyl (C=O) groups excluding carboxylic acids is 1. The summed E-state index contributed by atoms with van der Waals surface area (Å²) in [6.45, 7) is 0.255. The molecule has 10 nitrogen and oxygen atoms in total. The van der Waals surface area contributed by atoms with Crippen molar-refractivity contribution in [1.82, 2.24) is 19.5 Å². The Kier molecular flexibility index (Phi) is 4.47. The molecule has 2 aromatic heterocycles. The van der Waals surface area contributed by atoms with Gasteiger partial charge < -0.3 is 15.0 Å². The number of nitrogen functional groups attached to an aromatic ring is 1. The summed E-state index contributed by atoms with van der Waals surface area (Å²) in [7, 11) is -3.79. The third-order valence-electron chi connectivity index (χ3n) is 5.19. The number of hydrogen-bond donors (Lipinski definition) is 1. The van der Waals surface area contributed by atoms with Gasteiger partial charge in [0.1, 0.15) is 18.4 Å². The Hall–Kier alpha value is -3.73. The maximum Gasteiger partial charge on any atom is 0.326 e. The Labute approximate surface area is 177 Å². The number of esters is 1. The summed E-state index contributed by atoms with van der Waals surface area (Å²) in [6.07, 6.45) is 3.47. The Bertz CT molecular complexity index is 1430. The van der Waals surface area contributed by atoms with Crippen LogP contribution in [0.1, 0.15) is 6.42 Å². The molecular weight excluding hydrogens is 420 g/mol. The lowest BCUT2D eigenvalue weighted by Crippen LogP contribution is -2.33. The van der Waals surface area contributed by atoms with E-state index in [4.69, 9.17) is 10.5 Å². The van der Waals surface area contributed by atoms with Crippen molar-refractivity contribution in [2.45, 2.75) is 17.9 Å². The molecule has 11 heteroatoms. The molecule has 0 saturated heterocycles. The van der Waals surface area contributed by atoms with Crippen molar-refractivity contribution < 1.29 is 17.9 Å². The Balaban J connectivity index is 1.23. The van der Waals surface area contributed by atoms with E-state index in [0.717, 1.165) is 9.69 Å². The molecule has 1 aliphatic rings. The van der Waals surface area contributed by atoms with Gasteiger partial charge in [0.15, 0.2) is 11.5 Å². The second-order valence-electron chi connectivity index (χ2n) is 7.09. The molecule has 4 aromatic rings. The highest BCUT2D eigenvalue weighted by Crippen LogP contribution is 2.41. The van der Waals surface area contributed by atoms with Crippen LogP contribution in [0.5, 0.6) is 0 Å². The summed E-state index contributed by atoms with van der Waals surface area (Å²) < 4.78 is 34.0. The molecule has 158 valence electrons. The highest BCUT2D eigenvalue weighted by Gasteiger charge is 2.36. The zero-order chi connectivity index (χ0) is 21.6. The van der Waals surface area contributed by atoms with Crippen molar-refractivity contribution in [3.8, 4) is 0 Å². The largest absolute Gasteiger partial charge is 0.464 e. The van der Waals surface area contributed by atoms with E-state index in [1.807, 2.05) is 12.1 Å². The number of sulfonamides is 1. The van der Waals surface area contributed by atoms with Crippen molar-refractivity contribution in [1.29, 1.82) is 0 Å². The SMILES string of the molecule is Nc1ncnc2c1ncn2CCCOC(=O)CN1c2cccc3cccc(c23)S1(=O)=O. The molecule has 0 spiro atoms. The Morgan fingerprint density at radius 1 is 1.10 bits per heavy atom. The normalized spacial score (nSPS) is 14.4. The zero-order valence-corrected chi connectivity index (χ0v) is 17.1. The summed E-state index contributed by atoms with van der Waals surface area (Å²) in [6, 6.07) is 10.4. The van der Waals surface area contributed by atoms with Crippen LogP contribution >= 0.6 is 0 Å². The molecule has 1 aliphatic heterocycles. The molecule has 2 aromatic carbocycles. The number of aromatic nitrogens is 4. The van der Waals surface area contributed by atoms with Crippen molar-refractivity contribution in [2.24, 2.45) is 0 Å². The van der Waals surface area contributed by atoms with Crippen LogP contribution in [0.25, 0.3) is 21.9 Å². The molecule has 0 atom stereocenters. The van der Waals surface area contributed by atoms with Crippen LogP contribution in [-0.4, -0.2) is 47.1 Å². The topological polar surface area (TPSA) is 133 Å². The molecule has 0 aliphatic carbocycles. The van der Waals surface area contributed by atoms with Crippen molar-refractivity contribution in [3.63, 3.8) is 0 Å². The van der Waals surface area contributed by atoms with Gasteiger partial charge in [0.2, 0.25) is 0 Å². The minimum atomic E-state index is -3.79. The van der Waals surface area contributed by atoms with Crippen LogP contribution in [0, 0.1) is 0 Å². The first kappa shape index (κ1) is 19.2. The Morgan fingerprint density at radius 3 is 2.74 bits per heavy atom. The Morgan fingerprint density at radius 2 is 1.90 bits per heavy atom. The molecule has 0 radical (unpaired) electrons. The van der Waals surface area contributed by atoms with Crippen LogP contribution in [-0.2, 0) is 26.1 Å². The average molecular weight is 438 g/mol. The van der Waals surface area contributed by atoms with Gasteiger partial charge in [0.05, 0.1) is 23.5 Å². The zero-order valence-electron chi connectivity index (χ0n) is 16.3. The summed E-state index contributed by atoms with van der Waals surface area (Å²) in [5, 5.41) is 1.44. The van der Waals surface area contributed by atoms with Gasteiger partial charge in [0.25, 0.3) is 10.0 Å². The van der Waals surface area contributed by atoms with E-state index in [0.29, 0.717) is 41.0 Å². The minimum Gasteiger partial charge on any atom is -0.464 e. The molecule has 5 rings (SSSR count). The summed E-state index contributed by atoms with van der Waals surface area (Å²) >= 11 is 0. The number of nitrogens with zero attached hydrogens (tertiary/aromatic N) is 5. The minimum absolute atomic E-state index is 0.129. The first-order valence-electron chi connectivity index (χ1n) is 9.58. The van der Waals surface area contributed by atoms with Crippen LogP contribution in [0.15, 0.2) is 53.9 Å². The number of benzene rings is 2. The van der Waals surface area contributed by atoms with Gasteiger partial charge in [-0.15, -0.1) is 0 Å². The molecule has 0 saturated carbocycles. The van der Waals surface area contributed by atoms with E-state index in [2.05, 4.69) is 15.0 Å². The predicted molar refractivity (Wildman–Crippen MR) is 114 cm³/mol. The number of hydrogen-bond acceptors (Lipinski definition) is 8. The molecule has 31 heavy (non-hydrogen) atoms. The van der Waals surface area contributed by atoms with Crippen molar-refractivity contribution in [2.75, 3.05) is 23.2 Å². The fourth-order valence-corrected chi connectivity index (χ4v) is 5.43. The van der Waals surface area contributed by atoms with E-state index in [1.54, 1.807) is 35.2 Å². The lowest BCUT2D eigenvalue weighted by atomic mass is 10.1. The first-order valence-corrected chi connectivity index (χ1v) is 11.0. The quantitative estimate of drug-likeness (QED) is 0.355. The third-order valence-corrected chi connectivity index (χ3v) is 6.99. The predicted octanol–water partition coefficient (Wildman–Crippen LogP) is 1.70. The van der Waals surface area contributed by atoms with E-state index in [-0.39, 0.29) is 18.0 Å².